The van der Waals surface area contributed by atoms with Gasteiger partial charge in [-0.2, -0.15) is 4.98 Å². The summed E-state index contributed by atoms with van der Waals surface area (Å²) in [5.41, 5.74) is 0.676. The fourth-order valence-corrected chi connectivity index (χ4v) is 1.87. The molecule has 7 heteroatoms. The minimum absolute atomic E-state index is 0.0946. The van der Waals surface area contributed by atoms with Crippen molar-refractivity contribution in [2.75, 3.05) is 13.7 Å². The third-order valence-corrected chi connectivity index (χ3v) is 2.79. The first kappa shape index (κ1) is 13.6. The summed E-state index contributed by atoms with van der Waals surface area (Å²) in [4.78, 5) is 3.91. The Hall–Kier alpha value is -1.79. The van der Waals surface area contributed by atoms with Gasteiger partial charge in [-0.15, -0.1) is 0 Å². The van der Waals surface area contributed by atoms with Crippen LogP contribution in [0.3, 0.4) is 0 Å². The molecule has 2 aromatic rings. The van der Waals surface area contributed by atoms with Crippen molar-refractivity contribution in [3.63, 3.8) is 0 Å². The number of methoxy groups -OCH3 is 1. The van der Waals surface area contributed by atoms with Crippen molar-refractivity contribution in [2.45, 2.75) is 13.0 Å². The van der Waals surface area contributed by atoms with E-state index in [1.165, 1.54) is 13.4 Å². The van der Waals surface area contributed by atoms with Crippen molar-refractivity contribution in [2.24, 2.45) is 0 Å². The lowest BCUT2D eigenvalue weighted by Crippen LogP contribution is -2.17. The lowest BCUT2D eigenvalue weighted by atomic mass is 10.2. The zero-order valence-electron chi connectivity index (χ0n) is 10.4. The van der Waals surface area contributed by atoms with Crippen LogP contribution in [0.4, 0.5) is 0 Å². The normalized spacial score (nSPS) is 10.6. The van der Waals surface area contributed by atoms with E-state index in [1.807, 2.05) is 0 Å². The lowest BCUT2D eigenvalue weighted by molar-refractivity contribution is 0.367. The van der Waals surface area contributed by atoms with Gasteiger partial charge in [0.05, 0.1) is 7.11 Å². The first-order valence-electron chi connectivity index (χ1n) is 5.72. The van der Waals surface area contributed by atoms with Crippen LogP contribution in [0, 0.1) is 0 Å². The summed E-state index contributed by atoms with van der Waals surface area (Å²) in [7, 11) is 1.48. The molecule has 0 fully saturated rings. The van der Waals surface area contributed by atoms with E-state index >= 15 is 0 Å². The molecule has 0 saturated heterocycles. The number of hydrogen-bond acceptors (Lipinski definition) is 6. The Morgan fingerprint density at radius 2 is 2.32 bits per heavy atom. The molecule has 0 bridgehead atoms. The van der Waals surface area contributed by atoms with E-state index in [4.69, 9.17) is 20.9 Å². The molecule has 6 nitrogen and oxygen atoms in total. The van der Waals surface area contributed by atoms with E-state index in [2.05, 4.69) is 15.5 Å². The molecule has 1 aromatic heterocycles. The van der Waals surface area contributed by atoms with Gasteiger partial charge in [-0.25, -0.2) is 0 Å². The molecule has 1 heterocycles. The van der Waals surface area contributed by atoms with Crippen LogP contribution in [0.5, 0.6) is 11.5 Å². The molecule has 19 heavy (non-hydrogen) atoms. The summed E-state index contributed by atoms with van der Waals surface area (Å²) in [6.45, 7) is 1.12. The van der Waals surface area contributed by atoms with Gasteiger partial charge in [0.2, 0.25) is 5.89 Å². The monoisotopic (exact) mass is 283 g/mol. The maximum absolute atomic E-state index is 9.93. The quantitative estimate of drug-likeness (QED) is 0.787. The van der Waals surface area contributed by atoms with E-state index in [1.54, 1.807) is 12.1 Å². The molecule has 0 radical (unpaired) electrons. The summed E-state index contributed by atoms with van der Waals surface area (Å²) in [6, 6.07) is 3.26. The van der Waals surface area contributed by atoms with Crippen LogP contribution in [0.1, 0.15) is 11.5 Å². The molecular formula is C12H14ClN3O3. The zero-order chi connectivity index (χ0) is 13.7. The number of hydrogen-bond donors (Lipinski definition) is 2. The van der Waals surface area contributed by atoms with Crippen LogP contribution >= 0.6 is 11.6 Å². The second kappa shape index (κ2) is 6.40. The molecule has 2 N–H and O–H groups in total. The molecule has 0 amide bonds. The number of nitrogens with one attached hydrogen (secondary N) is 1. The molecule has 0 unspecified atom stereocenters. The molecule has 0 saturated carbocycles. The minimum Gasteiger partial charge on any atom is -0.504 e. The molecule has 1 aromatic carbocycles. The molecule has 0 aliphatic carbocycles. The standard InChI is InChI=1S/C12H14ClN3O3/c1-18-10-5-9(13)4-8(12(10)17)6-14-3-2-11-15-7-16-19-11/h4-5,7,14,17H,2-3,6H2,1H3. The average Bonchev–Trinajstić information content (AvgIpc) is 2.91. The van der Waals surface area contributed by atoms with Crippen LogP contribution in [0.2, 0.25) is 5.02 Å². The summed E-state index contributed by atoms with van der Waals surface area (Å²) >= 11 is 5.94. The number of aromatic nitrogens is 2. The summed E-state index contributed by atoms with van der Waals surface area (Å²) in [5.74, 6) is 1.03. The Labute approximate surface area is 115 Å². The first-order valence-corrected chi connectivity index (χ1v) is 6.10. The molecule has 0 aliphatic rings. The van der Waals surface area contributed by atoms with Crippen molar-refractivity contribution < 1.29 is 14.4 Å². The van der Waals surface area contributed by atoms with Crippen LogP contribution in [-0.2, 0) is 13.0 Å². The van der Waals surface area contributed by atoms with Gasteiger partial charge in [-0.05, 0) is 6.07 Å². The number of nitrogens with zero attached hydrogens (tertiary/aromatic N) is 2. The van der Waals surface area contributed by atoms with E-state index in [0.29, 0.717) is 41.7 Å². The van der Waals surface area contributed by atoms with Crippen molar-refractivity contribution >= 4 is 11.6 Å². The fraction of sp³-hybridized carbons (Fsp3) is 0.333. The van der Waals surface area contributed by atoms with Gasteiger partial charge in [0.25, 0.3) is 0 Å². The second-order valence-electron chi connectivity index (χ2n) is 3.88. The maximum Gasteiger partial charge on any atom is 0.227 e. The zero-order valence-corrected chi connectivity index (χ0v) is 11.1. The highest BCUT2D eigenvalue weighted by Crippen LogP contribution is 2.33. The summed E-state index contributed by atoms with van der Waals surface area (Å²) in [5, 5.41) is 17.1. The van der Waals surface area contributed by atoms with E-state index in [0.717, 1.165) is 0 Å². The van der Waals surface area contributed by atoms with E-state index < -0.39 is 0 Å². The molecule has 102 valence electrons. The second-order valence-corrected chi connectivity index (χ2v) is 4.31. The van der Waals surface area contributed by atoms with Gasteiger partial charge >= 0.3 is 0 Å². The number of aromatic hydroxyl groups is 1. The number of phenols is 1. The van der Waals surface area contributed by atoms with Crippen molar-refractivity contribution in [1.29, 1.82) is 0 Å². The summed E-state index contributed by atoms with van der Waals surface area (Å²) in [6.07, 6.45) is 1.99. The van der Waals surface area contributed by atoms with E-state index in [9.17, 15) is 5.11 Å². The molecule has 0 atom stereocenters. The van der Waals surface area contributed by atoms with Crippen molar-refractivity contribution in [1.82, 2.24) is 15.5 Å². The average molecular weight is 284 g/mol. The Balaban J connectivity index is 1.90. The largest absolute Gasteiger partial charge is 0.504 e. The highest BCUT2D eigenvalue weighted by Gasteiger charge is 2.09. The summed E-state index contributed by atoms with van der Waals surface area (Å²) < 4.78 is 9.91. The van der Waals surface area contributed by atoms with Gasteiger partial charge in [-0.1, -0.05) is 16.8 Å². The first-order chi connectivity index (χ1) is 9.20. The number of phenolic OH excluding ortho intramolecular Hbond substituents is 1. The smallest absolute Gasteiger partial charge is 0.227 e. The predicted molar refractivity (Wildman–Crippen MR) is 69.4 cm³/mol. The van der Waals surface area contributed by atoms with E-state index in [-0.39, 0.29) is 5.75 Å². The highest BCUT2D eigenvalue weighted by atomic mass is 35.5. The Kier molecular flexibility index (Phi) is 4.59. The van der Waals surface area contributed by atoms with Gasteiger partial charge < -0.3 is 19.7 Å². The number of rotatable bonds is 6. The molecule has 0 spiro atoms. The SMILES string of the molecule is COc1cc(Cl)cc(CNCCc2ncno2)c1O. The van der Waals surface area contributed by atoms with Gasteiger partial charge in [-0.3, -0.25) is 0 Å². The van der Waals surface area contributed by atoms with Crippen LogP contribution in [-0.4, -0.2) is 28.9 Å². The van der Waals surface area contributed by atoms with Crippen LogP contribution in [0.25, 0.3) is 0 Å². The molecule has 0 aliphatic heterocycles. The maximum atomic E-state index is 9.93. The lowest BCUT2D eigenvalue weighted by Gasteiger charge is -2.10. The third kappa shape index (κ3) is 3.59. The molecular weight excluding hydrogens is 270 g/mol. The van der Waals surface area contributed by atoms with Gasteiger partial charge in [0.1, 0.15) is 0 Å². The Morgan fingerprint density at radius 1 is 1.47 bits per heavy atom. The predicted octanol–water partition coefficient (Wildman–Crippen LogP) is 1.77. The Bertz CT molecular complexity index is 531. The third-order valence-electron chi connectivity index (χ3n) is 2.58. The highest BCUT2D eigenvalue weighted by molar-refractivity contribution is 6.30. The van der Waals surface area contributed by atoms with Crippen LogP contribution < -0.4 is 10.1 Å². The minimum atomic E-state index is 0.0946. The van der Waals surface area contributed by atoms with Crippen LogP contribution in [0.15, 0.2) is 23.0 Å². The topological polar surface area (TPSA) is 80.4 Å². The van der Waals surface area contributed by atoms with Gasteiger partial charge in [0.15, 0.2) is 17.8 Å². The molecule has 2 rings (SSSR count). The number of halogens is 1. The number of benzene rings is 1. The van der Waals surface area contributed by atoms with Gasteiger partial charge in [0, 0.05) is 36.2 Å². The number of ether oxygens (including phenoxy) is 1. The van der Waals surface area contributed by atoms with Crippen molar-refractivity contribution in [3.05, 3.63) is 34.9 Å². The Morgan fingerprint density at radius 3 is 3.00 bits per heavy atom. The fourth-order valence-electron chi connectivity index (χ4n) is 1.64. The van der Waals surface area contributed by atoms with Crippen molar-refractivity contribution in [3.8, 4) is 11.5 Å².